The Kier molecular flexibility index (Phi) is 7.57. The first kappa shape index (κ1) is 15.1. The van der Waals surface area contributed by atoms with E-state index >= 15 is 0 Å². The van der Waals surface area contributed by atoms with Gasteiger partial charge in [0.05, 0.1) is 12.3 Å². The molecule has 1 rings (SSSR count). The van der Waals surface area contributed by atoms with Crippen LogP contribution in [0.15, 0.2) is 18.3 Å². The number of aromatic nitrogens is 1. The topological polar surface area (TPSA) is 37.4 Å². The third-order valence-corrected chi connectivity index (χ3v) is 2.91. The molecule has 0 bridgehead atoms. The van der Waals surface area contributed by atoms with Crippen molar-refractivity contribution in [2.45, 2.75) is 26.9 Å². The predicted molar refractivity (Wildman–Crippen MR) is 74.4 cm³/mol. The van der Waals surface area contributed by atoms with E-state index in [4.69, 9.17) is 4.74 Å². The number of rotatable bonds is 9. The second-order valence-electron chi connectivity index (χ2n) is 4.30. The molecule has 0 aliphatic heterocycles. The van der Waals surface area contributed by atoms with Crippen LogP contribution in [-0.2, 0) is 17.8 Å². The highest BCUT2D eigenvalue weighted by Gasteiger charge is 2.04. The Morgan fingerprint density at radius 3 is 2.72 bits per heavy atom. The summed E-state index contributed by atoms with van der Waals surface area (Å²) in [5, 5.41) is 3.30. The summed E-state index contributed by atoms with van der Waals surface area (Å²) in [6.07, 6.45) is 1.96. The van der Waals surface area contributed by atoms with Crippen molar-refractivity contribution in [3.8, 4) is 0 Å². The van der Waals surface area contributed by atoms with Gasteiger partial charge in [-0.25, -0.2) is 0 Å². The number of ether oxygens (including phenoxy) is 1. The molecule has 1 N–H and O–H groups in total. The Morgan fingerprint density at radius 1 is 1.33 bits per heavy atom. The molecule has 0 aromatic carbocycles. The fourth-order valence-corrected chi connectivity index (χ4v) is 1.72. The lowest BCUT2D eigenvalue weighted by atomic mass is 10.2. The summed E-state index contributed by atoms with van der Waals surface area (Å²) in [6, 6.07) is 4.26. The highest BCUT2D eigenvalue weighted by molar-refractivity contribution is 5.13. The Morgan fingerprint density at radius 2 is 2.17 bits per heavy atom. The first-order chi connectivity index (χ1) is 8.80. The van der Waals surface area contributed by atoms with Crippen molar-refractivity contribution in [1.29, 1.82) is 0 Å². The molecule has 0 radical (unpaired) electrons. The summed E-state index contributed by atoms with van der Waals surface area (Å²) in [5.41, 5.74) is 2.36. The van der Waals surface area contributed by atoms with Crippen molar-refractivity contribution in [2.75, 3.05) is 33.4 Å². The van der Waals surface area contributed by atoms with E-state index in [0.717, 1.165) is 45.0 Å². The lowest BCUT2D eigenvalue weighted by Crippen LogP contribution is -2.27. The average Bonchev–Trinajstić information content (AvgIpc) is 2.42. The zero-order chi connectivity index (χ0) is 13.2. The maximum Gasteiger partial charge on any atom is 0.0589 e. The minimum atomic E-state index is 0.770. The number of nitrogens with one attached hydrogen (secondary N) is 1. The van der Waals surface area contributed by atoms with Crippen molar-refractivity contribution in [3.63, 3.8) is 0 Å². The van der Waals surface area contributed by atoms with Crippen LogP contribution in [0, 0.1) is 0 Å². The number of hydrogen-bond acceptors (Lipinski definition) is 4. The van der Waals surface area contributed by atoms with Crippen molar-refractivity contribution >= 4 is 0 Å². The first-order valence-electron chi connectivity index (χ1n) is 6.66. The molecule has 4 nitrogen and oxygen atoms in total. The SMILES string of the molecule is CCNCc1ccc(CN(CC)CCOC)nc1. The van der Waals surface area contributed by atoms with Crippen LogP contribution in [0.5, 0.6) is 0 Å². The van der Waals surface area contributed by atoms with Crippen molar-refractivity contribution in [2.24, 2.45) is 0 Å². The van der Waals surface area contributed by atoms with Crippen LogP contribution in [-0.4, -0.2) is 43.2 Å². The van der Waals surface area contributed by atoms with E-state index in [1.807, 2.05) is 6.20 Å². The van der Waals surface area contributed by atoms with E-state index in [-0.39, 0.29) is 0 Å². The normalized spacial score (nSPS) is 11.1. The van der Waals surface area contributed by atoms with E-state index in [0.29, 0.717) is 0 Å². The summed E-state index contributed by atoms with van der Waals surface area (Å²) in [7, 11) is 1.74. The molecule has 0 saturated carbocycles. The van der Waals surface area contributed by atoms with Gasteiger partial charge in [-0.3, -0.25) is 9.88 Å². The largest absolute Gasteiger partial charge is 0.383 e. The number of methoxy groups -OCH3 is 1. The highest BCUT2D eigenvalue weighted by atomic mass is 16.5. The fourth-order valence-electron chi connectivity index (χ4n) is 1.72. The lowest BCUT2D eigenvalue weighted by Gasteiger charge is -2.19. The molecule has 1 aromatic heterocycles. The summed E-state index contributed by atoms with van der Waals surface area (Å²) < 4.78 is 5.10. The quantitative estimate of drug-likeness (QED) is 0.724. The molecule has 0 fully saturated rings. The third kappa shape index (κ3) is 5.58. The molecule has 0 spiro atoms. The second kappa shape index (κ2) is 9.03. The Balaban J connectivity index is 2.45. The Bertz CT molecular complexity index is 313. The van der Waals surface area contributed by atoms with Crippen molar-refractivity contribution < 1.29 is 4.74 Å². The lowest BCUT2D eigenvalue weighted by molar-refractivity contribution is 0.147. The molecule has 102 valence electrons. The minimum Gasteiger partial charge on any atom is -0.383 e. The molecule has 18 heavy (non-hydrogen) atoms. The molecule has 0 aliphatic carbocycles. The maximum atomic E-state index is 5.10. The van der Waals surface area contributed by atoms with Crippen LogP contribution < -0.4 is 5.32 Å². The van der Waals surface area contributed by atoms with Crippen LogP contribution in [0.25, 0.3) is 0 Å². The monoisotopic (exact) mass is 251 g/mol. The van der Waals surface area contributed by atoms with E-state index in [2.05, 4.69) is 41.2 Å². The molecular weight excluding hydrogens is 226 g/mol. The molecule has 0 unspecified atom stereocenters. The smallest absolute Gasteiger partial charge is 0.0589 e. The number of pyridine rings is 1. The molecule has 0 aliphatic rings. The molecule has 0 atom stereocenters. The molecule has 0 saturated heterocycles. The van der Waals surface area contributed by atoms with Crippen LogP contribution in [0.4, 0.5) is 0 Å². The molecule has 1 heterocycles. The van der Waals surface area contributed by atoms with Gasteiger partial charge < -0.3 is 10.1 Å². The summed E-state index contributed by atoms with van der Waals surface area (Å²) in [6.45, 7) is 9.78. The second-order valence-corrected chi connectivity index (χ2v) is 4.30. The zero-order valence-corrected chi connectivity index (χ0v) is 11.8. The summed E-state index contributed by atoms with van der Waals surface area (Å²) in [4.78, 5) is 6.83. The molecular formula is C14H25N3O. The maximum absolute atomic E-state index is 5.10. The zero-order valence-electron chi connectivity index (χ0n) is 11.8. The van der Waals surface area contributed by atoms with E-state index in [9.17, 15) is 0 Å². The Hall–Kier alpha value is -0.970. The molecule has 1 aromatic rings. The van der Waals surface area contributed by atoms with Gasteiger partial charge in [-0.05, 0) is 24.7 Å². The van der Waals surface area contributed by atoms with Crippen LogP contribution in [0.2, 0.25) is 0 Å². The van der Waals surface area contributed by atoms with Gasteiger partial charge in [-0.15, -0.1) is 0 Å². The van der Waals surface area contributed by atoms with E-state index in [1.54, 1.807) is 7.11 Å². The predicted octanol–water partition coefficient (Wildman–Crippen LogP) is 1.66. The van der Waals surface area contributed by atoms with Gasteiger partial charge >= 0.3 is 0 Å². The van der Waals surface area contributed by atoms with Gasteiger partial charge in [-0.2, -0.15) is 0 Å². The first-order valence-corrected chi connectivity index (χ1v) is 6.66. The third-order valence-electron chi connectivity index (χ3n) is 2.91. The summed E-state index contributed by atoms with van der Waals surface area (Å²) in [5.74, 6) is 0. The molecule has 4 heteroatoms. The minimum absolute atomic E-state index is 0.770. The standard InChI is InChI=1S/C14H25N3O/c1-4-15-10-13-6-7-14(16-11-13)12-17(5-2)8-9-18-3/h6-7,11,15H,4-5,8-10,12H2,1-3H3. The summed E-state index contributed by atoms with van der Waals surface area (Å²) >= 11 is 0. The van der Waals surface area contributed by atoms with Gasteiger partial charge in [0.25, 0.3) is 0 Å². The average molecular weight is 251 g/mol. The van der Waals surface area contributed by atoms with Gasteiger partial charge in [-0.1, -0.05) is 19.9 Å². The Labute approximate surface area is 110 Å². The van der Waals surface area contributed by atoms with Gasteiger partial charge in [0.2, 0.25) is 0 Å². The van der Waals surface area contributed by atoms with Crippen LogP contribution in [0.3, 0.4) is 0 Å². The number of nitrogens with zero attached hydrogens (tertiary/aromatic N) is 2. The van der Waals surface area contributed by atoms with Crippen LogP contribution in [0.1, 0.15) is 25.1 Å². The van der Waals surface area contributed by atoms with Crippen molar-refractivity contribution in [1.82, 2.24) is 15.2 Å². The van der Waals surface area contributed by atoms with Gasteiger partial charge in [0, 0.05) is 32.9 Å². The van der Waals surface area contributed by atoms with Crippen molar-refractivity contribution in [3.05, 3.63) is 29.6 Å². The van der Waals surface area contributed by atoms with Gasteiger partial charge in [0.1, 0.15) is 0 Å². The van der Waals surface area contributed by atoms with E-state index < -0.39 is 0 Å². The highest BCUT2D eigenvalue weighted by Crippen LogP contribution is 2.04. The number of hydrogen-bond donors (Lipinski definition) is 1. The molecule has 0 amide bonds. The van der Waals surface area contributed by atoms with E-state index in [1.165, 1.54) is 5.56 Å². The fraction of sp³-hybridized carbons (Fsp3) is 0.643. The van der Waals surface area contributed by atoms with Gasteiger partial charge in [0.15, 0.2) is 0 Å². The number of likely N-dealkylation sites (N-methyl/N-ethyl adjacent to an activating group) is 1. The van der Waals surface area contributed by atoms with Crippen LogP contribution >= 0.6 is 0 Å².